The first kappa shape index (κ1) is 16.1. The summed E-state index contributed by atoms with van der Waals surface area (Å²) in [6.45, 7) is 1.52. The van der Waals surface area contributed by atoms with Crippen molar-refractivity contribution in [1.82, 2.24) is 19.7 Å². The average molecular weight is 339 g/mol. The second-order valence-corrected chi connectivity index (χ2v) is 7.17. The first-order valence-corrected chi connectivity index (χ1v) is 9.22. The van der Waals surface area contributed by atoms with Gasteiger partial charge in [-0.1, -0.05) is 0 Å². The monoisotopic (exact) mass is 339 g/mol. The van der Waals surface area contributed by atoms with Gasteiger partial charge in [0.25, 0.3) is 0 Å². The molecule has 4 rings (SSSR count). The van der Waals surface area contributed by atoms with Crippen molar-refractivity contribution in [1.29, 1.82) is 0 Å². The normalized spacial score (nSPS) is 20.2. The fraction of sp³-hybridized carbons (Fsp3) is 0.526. The van der Waals surface area contributed by atoms with Gasteiger partial charge in [-0.05, 0) is 56.2 Å². The van der Waals surface area contributed by atoms with E-state index in [-0.39, 0.29) is 6.03 Å². The van der Waals surface area contributed by atoms with E-state index in [9.17, 15) is 4.79 Å². The van der Waals surface area contributed by atoms with Gasteiger partial charge in [0.2, 0.25) is 0 Å². The standard InChI is InChI=1S/C19H25N5O/c1-23-10-8-18(22-23)15-6-4-9-24(13-15)19(25)21-16-11-14-5-2-3-7-17(14)20-12-16/h8,10-12,15H,2-7,9,13H2,1H3,(H,21,25). The fourth-order valence-corrected chi connectivity index (χ4v) is 3.91. The van der Waals surface area contributed by atoms with Gasteiger partial charge < -0.3 is 10.2 Å². The lowest BCUT2D eigenvalue weighted by molar-refractivity contribution is 0.192. The summed E-state index contributed by atoms with van der Waals surface area (Å²) in [7, 11) is 1.93. The summed E-state index contributed by atoms with van der Waals surface area (Å²) in [5.41, 5.74) is 4.37. The molecule has 1 saturated heterocycles. The maximum absolute atomic E-state index is 12.7. The lowest BCUT2D eigenvalue weighted by Crippen LogP contribution is -2.41. The molecular weight excluding hydrogens is 314 g/mol. The number of likely N-dealkylation sites (tertiary alicyclic amines) is 1. The Labute approximate surface area is 148 Å². The second kappa shape index (κ2) is 6.86. The van der Waals surface area contributed by atoms with Crippen LogP contribution in [0, 0.1) is 0 Å². The lowest BCUT2D eigenvalue weighted by atomic mass is 9.95. The van der Waals surface area contributed by atoms with Crippen molar-refractivity contribution < 1.29 is 4.79 Å². The molecule has 1 N–H and O–H groups in total. The van der Waals surface area contributed by atoms with E-state index in [1.807, 2.05) is 22.8 Å². The number of carbonyl (C=O) groups excluding carboxylic acids is 1. The molecule has 6 heteroatoms. The number of aromatic nitrogens is 3. The van der Waals surface area contributed by atoms with Crippen LogP contribution in [0.1, 0.15) is 48.6 Å². The van der Waals surface area contributed by atoms with Crippen molar-refractivity contribution in [2.24, 2.45) is 7.05 Å². The summed E-state index contributed by atoms with van der Waals surface area (Å²) in [5.74, 6) is 0.322. The minimum atomic E-state index is -0.0295. The number of anilines is 1. The summed E-state index contributed by atoms with van der Waals surface area (Å²) in [5, 5.41) is 7.55. The van der Waals surface area contributed by atoms with Gasteiger partial charge in [0.05, 0.1) is 17.6 Å². The fourth-order valence-electron chi connectivity index (χ4n) is 3.91. The second-order valence-electron chi connectivity index (χ2n) is 7.17. The van der Waals surface area contributed by atoms with Crippen LogP contribution in [0.15, 0.2) is 24.5 Å². The highest BCUT2D eigenvalue weighted by molar-refractivity contribution is 5.89. The Morgan fingerprint density at radius 3 is 3.00 bits per heavy atom. The Morgan fingerprint density at radius 1 is 1.28 bits per heavy atom. The highest BCUT2D eigenvalue weighted by Crippen LogP contribution is 2.26. The number of aryl methyl sites for hydroxylation is 3. The molecule has 132 valence electrons. The predicted molar refractivity (Wildman–Crippen MR) is 96.7 cm³/mol. The largest absolute Gasteiger partial charge is 0.324 e. The predicted octanol–water partition coefficient (Wildman–Crippen LogP) is 3.11. The molecule has 1 unspecified atom stereocenters. The molecule has 0 bridgehead atoms. The van der Waals surface area contributed by atoms with E-state index >= 15 is 0 Å². The van der Waals surface area contributed by atoms with Crippen molar-refractivity contribution in [3.8, 4) is 0 Å². The number of rotatable bonds is 2. The van der Waals surface area contributed by atoms with Gasteiger partial charge in [-0.3, -0.25) is 9.67 Å². The Morgan fingerprint density at radius 2 is 2.16 bits per heavy atom. The van der Waals surface area contributed by atoms with Crippen molar-refractivity contribution >= 4 is 11.7 Å². The Bertz CT molecular complexity index is 769. The van der Waals surface area contributed by atoms with E-state index in [2.05, 4.69) is 27.5 Å². The first-order chi connectivity index (χ1) is 12.2. The van der Waals surface area contributed by atoms with Gasteiger partial charge >= 0.3 is 6.03 Å². The molecular formula is C19H25N5O. The van der Waals surface area contributed by atoms with Gasteiger partial charge in [0.15, 0.2) is 0 Å². The summed E-state index contributed by atoms with van der Waals surface area (Å²) < 4.78 is 1.83. The van der Waals surface area contributed by atoms with Crippen molar-refractivity contribution in [3.63, 3.8) is 0 Å². The molecule has 1 atom stereocenters. The van der Waals surface area contributed by atoms with Crippen LogP contribution in [0.2, 0.25) is 0 Å². The van der Waals surface area contributed by atoms with Crippen molar-refractivity contribution in [2.45, 2.75) is 44.4 Å². The van der Waals surface area contributed by atoms with Gasteiger partial charge in [-0.15, -0.1) is 0 Å². The first-order valence-electron chi connectivity index (χ1n) is 9.22. The van der Waals surface area contributed by atoms with Crippen LogP contribution < -0.4 is 5.32 Å². The third kappa shape index (κ3) is 3.52. The molecule has 3 heterocycles. The third-order valence-corrected chi connectivity index (χ3v) is 5.28. The lowest BCUT2D eigenvalue weighted by Gasteiger charge is -2.32. The maximum Gasteiger partial charge on any atom is 0.321 e. The zero-order valence-corrected chi connectivity index (χ0v) is 14.7. The molecule has 1 fully saturated rings. The maximum atomic E-state index is 12.7. The number of hydrogen-bond acceptors (Lipinski definition) is 3. The van der Waals surface area contributed by atoms with Gasteiger partial charge in [-0.2, -0.15) is 5.10 Å². The quantitative estimate of drug-likeness (QED) is 0.914. The van der Waals surface area contributed by atoms with Crippen molar-refractivity contribution in [3.05, 3.63) is 41.5 Å². The number of piperidine rings is 1. The van der Waals surface area contributed by atoms with Crippen LogP contribution in [0.25, 0.3) is 0 Å². The summed E-state index contributed by atoms with van der Waals surface area (Å²) in [6, 6.07) is 4.12. The molecule has 2 aliphatic rings. The van der Waals surface area contributed by atoms with E-state index in [1.54, 1.807) is 6.20 Å². The van der Waals surface area contributed by atoms with E-state index in [1.165, 1.54) is 24.1 Å². The number of pyridine rings is 1. The zero-order valence-electron chi connectivity index (χ0n) is 14.7. The van der Waals surface area contributed by atoms with Crippen LogP contribution in [-0.4, -0.2) is 38.8 Å². The molecule has 2 aromatic rings. The molecule has 1 aliphatic heterocycles. The number of amides is 2. The molecule has 2 aromatic heterocycles. The highest BCUT2D eigenvalue weighted by atomic mass is 16.2. The molecule has 6 nitrogen and oxygen atoms in total. The van der Waals surface area contributed by atoms with E-state index in [0.29, 0.717) is 5.92 Å². The zero-order chi connectivity index (χ0) is 17.2. The summed E-state index contributed by atoms with van der Waals surface area (Å²) >= 11 is 0. The molecule has 25 heavy (non-hydrogen) atoms. The Balaban J connectivity index is 1.42. The summed E-state index contributed by atoms with van der Waals surface area (Å²) in [6.07, 6.45) is 10.4. The van der Waals surface area contributed by atoms with Crippen LogP contribution in [0.3, 0.4) is 0 Å². The Hall–Kier alpha value is -2.37. The molecule has 0 saturated carbocycles. The average Bonchev–Trinajstić information content (AvgIpc) is 3.08. The van der Waals surface area contributed by atoms with Crippen LogP contribution in [0.5, 0.6) is 0 Å². The topological polar surface area (TPSA) is 63.1 Å². The van der Waals surface area contributed by atoms with Crippen LogP contribution in [0.4, 0.5) is 10.5 Å². The minimum absolute atomic E-state index is 0.0295. The SMILES string of the molecule is Cn1ccc(C2CCCN(C(=O)Nc3cnc4c(c3)CCCC4)C2)n1. The molecule has 0 aromatic carbocycles. The molecule has 0 spiro atoms. The number of nitrogens with one attached hydrogen (secondary N) is 1. The van der Waals surface area contributed by atoms with Crippen LogP contribution >= 0.6 is 0 Å². The van der Waals surface area contributed by atoms with Gasteiger partial charge in [0, 0.05) is 37.9 Å². The number of carbonyl (C=O) groups is 1. The van der Waals surface area contributed by atoms with E-state index < -0.39 is 0 Å². The smallest absolute Gasteiger partial charge is 0.321 e. The van der Waals surface area contributed by atoms with Crippen molar-refractivity contribution in [2.75, 3.05) is 18.4 Å². The Kier molecular flexibility index (Phi) is 4.42. The van der Waals surface area contributed by atoms with E-state index in [0.717, 1.165) is 50.2 Å². The highest BCUT2D eigenvalue weighted by Gasteiger charge is 2.26. The number of fused-ring (bicyclic) bond motifs is 1. The molecule has 1 aliphatic carbocycles. The number of hydrogen-bond donors (Lipinski definition) is 1. The number of urea groups is 1. The number of nitrogens with zero attached hydrogens (tertiary/aromatic N) is 4. The molecule has 0 radical (unpaired) electrons. The van der Waals surface area contributed by atoms with Gasteiger partial charge in [-0.25, -0.2) is 4.79 Å². The van der Waals surface area contributed by atoms with Crippen LogP contribution in [-0.2, 0) is 19.9 Å². The summed E-state index contributed by atoms with van der Waals surface area (Å²) in [4.78, 5) is 19.1. The minimum Gasteiger partial charge on any atom is -0.324 e. The third-order valence-electron chi connectivity index (χ3n) is 5.28. The van der Waals surface area contributed by atoms with Gasteiger partial charge in [0.1, 0.15) is 0 Å². The molecule has 2 amide bonds. The van der Waals surface area contributed by atoms with E-state index in [4.69, 9.17) is 0 Å².